The minimum atomic E-state index is -0.545. The number of halogens is 1. The van der Waals surface area contributed by atoms with Gasteiger partial charge in [0.25, 0.3) is 0 Å². The first-order valence-electron chi connectivity index (χ1n) is 12.6. The summed E-state index contributed by atoms with van der Waals surface area (Å²) in [6, 6.07) is 22.9. The van der Waals surface area contributed by atoms with Gasteiger partial charge in [0.1, 0.15) is 11.8 Å². The van der Waals surface area contributed by atoms with Gasteiger partial charge < -0.3 is 24.8 Å². The molecule has 1 fully saturated rings. The Kier molecular flexibility index (Phi) is 7.34. The summed E-state index contributed by atoms with van der Waals surface area (Å²) in [4.78, 5) is 19.4. The Morgan fingerprint density at radius 1 is 1.05 bits per heavy atom. The normalized spacial score (nSPS) is 17.2. The average molecular weight is 560 g/mol. The summed E-state index contributed by atoms with van der Waals surface area (Å²) < 4.78 is 7.82. The van der Waals surface area contributed by atoms with Gasteiger partial charge in [-0.1, -0.05) is 44.5 Å². The topological polar surface area (TPSA) is 71.4 Å². The first-order chi connectivity index (χ1) is 18.7. The zero-order valence-corrected chi connectivity index (χ0v) is 23.8. The number of pyridine rings is 1. The van der Waals surface area contributed by atoms with Crippen LogP contribution in [-0.2, 0) is 4.79 Å². The van der Waals surface area contributed by atoms with E-state index in [0.717, 1.165) is 22.8 Å². The number of methoxy groups -OCH3 is 1. The number of hydrogen-bond acceptors (Lipinski definition) is 4. The van der Waals surface area contributed by atoms with Crippen LogP contribution in [0.1, 0.15) is 44.2 Å². The minimum absolute atomic E-state index is 0.0978. The lowest BCUT2D eigenvalue weighted by molar-refractivity contribution is -0.123. The van der Waals surface area contributed by atoms with E-state index in [1.807, 2.05) is 93.7 Å². The number of carbonyl (C=O) groups is 1. The number of hydrogen-bond donors (Lipinski definition) is 2. The van der Waals surface area contributed by atoms with E-state index in [-0.39, 0.29) is 18.0 Å². The number of nitrogens with one attached hydrogen (secondary N) is 2. The lowest BCUT2D eigenvalue weighted by Crippen LogP contribution is -2.30. The van der Waals surface area contributed by atoms with Crippen molar-refractivity contribution in [2.45, 2.75) is 32.9 Å². The monoisotopic (exact) mass is 559 g/mol. The second kappa shape index (κ2) is 10.7. The van der Waals surface area contributed by atoms with Crippen molar-refractivity contribution >= 4 is 46.2 Å². The van der Waals surface area contributed by atoms with Crippen LogP contribution in [0.15, 0.2) is 85.2 Å². The summed E-state index contributed by atoms with van der Waals surface area (Å²) in [5.41, 5.74) is 3.69. The fourth-order valence-electron chi connectivity index (χ4n) is 4.67. The molecule has 1 saturated heterocycles. The second-order valence-corrected chi connectivity index (χ2v) is 11.2. The fraction of sp³-hybridized carbons (Fsp3) is 0.233. The van der Waals surface area contributed by atoms with Gasteiger partial charge in [-0.05, 0) is 66.8 Å². The molecule has 4 aromatic rings. The van der Waals surface area contributed by atoms with E-state index in [1.54, 1.807) is 13.3 Å². The summed E-state index contributed by atoms with van der Waals surface area (Å²) >= 11 is 12.3. The SMILES string of the molecule is COc1cc(N2C(=S)N[C@@H](c3ccccn3)[C@@H]2c2cccn2-c2cccc(Cl)c2)ccc1NC(=O)C(C)(C)C. The molecule has 0 spiro atoms. The van der Waals surface area contributed by atoms with Gasteiger partial charge in [-0.2, -0.15) is 0 Å². The Morgan fingerprint density at radius 3 is 2.56 bits per heavy atom. The highest BCUT2D eigenvalue weighted by Gasteiger charge is 2.42. The second-order valence-electron chi connectivity index (χ2n) is 10.4. The van der Waals surface area contributed by atoms with Crippen LogP contribution in [0.5, 0.6) is 5.75 Å². The summed E-state index contributed by atoms with van der Waals surface area (Å²) in [5, 5.41) is 7.69. The van der Waals surface area contributed by atoms with Gasteiger partial charge in [-0.3, -0.25) is 9.78 Å². The third kappa shape index (κ3) is 5.35. The van der Waals surface area contributed by atoms with E-state index in [9.17, 15) is 4.79 Å². The van der Waals surface area contributed by atoms with Gasteiger partial charge >= 0.3 is 0 Å². The predicted octanol–water partition coefficient (Wildman–Crippen LogP) is 6.70. The third-order valence-corrected chi connectivity index (χ3v) is 7.21. The summed E-state index contributed by atoms with van der Waals surface area (Å²) in [6.07, 6.45) is 3.80. The van der Waals surface area contributed by atoms with E-state index in [4.69, 9.17) is 28.6 Å². The van der Waals surface area contributed by atoms with Gasteiger partial charge in [-0.25, -0.2) is 0 Å². The minimum Gasteiger partial charge on any atom is -0.494 e. The quantitative estimate of drug-likeness (QED) is 0.256. The first kappa shape index (κ1) is 26.7. The van der Waals surface area contributed by atoms with Gasteiger partial charge in [0.05, 0.1) is 24.5 Å². The highest BCUT2D eigenvalue weighted by atomic mass is 35.5. The number of rotatable bonds is 6. The lowest BCUT2D eigenvalue weighted by Gasteiger charge is -2.29. The van der Waals surface area contributed by atoms with E-state index < -0.39 is 5.41 Å². The van der Waals surface area contributed by atoms with Gasteiger partial charge in [0.2, 0.25) is 5.91 Å². The molecule has 0 saturated carbocycles. The Balaban J connectivity index is 1.61. The molecule has 1 aliphatic rings. The number of nitrogens with zero attached hydrogens (tertiary/aromatic N) is 3. The molecule has 5 rings (SSSR count). The molecule has 9 heteroatoms. The van der Waals surface area contributed by atoms with Gasteiger partial charge in [0.15, 0.2) is 5.11 Å². The molecule has 0 aliphatic carbocycles. The van der Waals surface area contributed by atoms with Crippen molar-refractivity contribution in [2.75, 3.05) is 17.3 Å². The molecular formula is C30H30ClN5O2S. The van der Waals surface area contributed by atoms with E-state index in [1.165, 1.54) is 0 Å². The Bertz CT molecular complexity index is 1520. The molecular weight excluding hydrogens is 530 g/mol. The van der Waals surface area contributed by atoms with Crippen LogP contribution in [0.3, 0.4) is 0 Å². The molecule has 2 atom stereocenters. The molecule has 2 N–H and O–H groups in total. The number of carbonyl (C=O) groups excluding carboxylic acids is 1. The molecule has 0 bridgehead atoms. The van der Waals surface area contributed by atoms with Crippen LogP contribution in [0.2, 0.25) is 5.02 Å². The molecule has 200 valence electrons. The molecule has 0 unspecified atom stereocenters. The third-order valence-electron chi connectivity index (χ3n) is 6.66. The molecule has 2 aromatic carbocycles. The molecule has 2 aromatic heterocycles. The molecule has 0 radical (unpaired) electrons. The number of amides is 1. The summed E-state index contributed by atoms with van der Waals surface area (Å²) in [5.74, 6) is 0.442. The van der Waals surface area contributed by atoms with Crippen LogP contribution in [0.4, 0.5) is 11.4 Å². The largest absolute Gasteiger partial charge is 0.494 e. The van der Waals surface area contributed by atoms with Gasteiger partial charge in [0, 0.05) is 46.0 Å². The molecule has 1 aliphatic heterocycles. The predicted molar refractivity (Wildman–Crippen MR) is 160 cm³/mol. The Morgan fingerprint density at radius 2 is 1.87 bits per heavy atom. The Labute approximate surface area is 238 Å². The van der Waals surface area contributed by atoms with E-state index in [2.05, 4.69) is 31.2 Å². The van der Waals surface area contributed by atoms with E-state index >= 15 is 0 Å². The van der Waals surface area contributed by atoms with E-state index in [0.29, 0.717) is 21.6 Å². The smallest absolute Gasteiger partial charge is 0.229 e. The van der Waals surface area contributed by atoms with Crippen molar-refractivity contribution in [3.05, 3.63) is 102 Å². The average Bonchev–Trinajstić information content (AvgIpc) is 3.53. The number of anilines is 2. The van der Waals surface area contributed by atoms with Crippen molar-refractivity contribution < 1.29 is 9.53 Å². The first-order valence-corrected chi connectivity index (χ1v) is 13.4. The van der Waals surface area contributed by atoms with Crippen molar-refractivity contribution in [2.24, 2.45) is 5.41 Å². The zero-order valence-electron chi connectivity index (χ0n) is 22.2. The number of aromatic nitrogens is 2. The number of ether oxygens (including phenoxy) is 1. The lowest BCUT2D eigenvalue weighted by atomic mass is 9.95. The molecule has 3 heterocycles. The molecule has 1 amide bonds. The maximum atomic E-state index is 12.7. The number of thiocarbonyl (C=S) groups is 1. The zero-order chi connectivity index (χ0) is 27.7. The van der Waals surface area contributed by atoms with Crippen molar-refractivity contribution in [1.29, 1.82) is 0 Å². The fourth-order valence-corrected chi connectivity index (χ4v) is 5.20. The highest BCUT2D eigenvalue weighted by molar-refractivity contribution is 7.80. The van der Waals surface area contributed by atoms with Crippen LogP contribution in [0, 0.1) is 5.41 Å². The standard InChI is InChI=1S/C30H30ClN5O2S/c1-30(2,3)28(37)33-22-14-13-21(18-25(22)38-4)36-27(26(34-29(36)39)23-11-5-6-15-32-23)24-12-8-16-35(24)20-10-7-9-19(31)17-20/h5-18,26-27H,1-4H3,(H,33,37)(H,34,39)/t26-,27-/m0/s1. The van der Waals surface area contributed by atoms with Crippen molar-refractivity contribution in [3.8, 4) is 11.4 Å². The summed E-state index contributed by atoms with van der Waals surface area (Å²) in [6.45, 7) is 5.61. The van der Waals surface area contributed by atoms with Crippen molar-refractivity contribution in [3.63, 3.8) is 0 Å². The number of benzene rings is 2. The van der Waals surface area contributed by atoms with Crippen LogP contribution in [-0.4, -0.2) is 27.7 Å². The van der Waals surface area contributed by atoms with Crippen LogP contribution >= 0.6 is 23.8 Å². The summed E-state index contributed by atoms with van der Waals surface area (Å²) in [7, 11) is 1.59. The van der Waals surface area contributed by atoms with Gasteiger partial charge in [-0.15, -0.1) is 0 Å². The molecule has 7 nitrogen and oxygen atoms in total. The van der Waals surface area contributed by atoms with Crippen LogP contribution in [0.25, 0.3) is 5.69 Å². The maximum Gasteiger partial charge on any atom is 0.229 e. The molecule has 39 heavy (non-hydrogen) atoms. The Hall–Kier alpha value is -3.88. The van der Waals surface area contributed by atoms with Crippen LogP contribution < -0.4 is 20.3 Å². The highest BCUT2D eigenvalue weighted by Crippen LogP contribution is 2.44. The van der Waals surface area contributed by atoms with Crippen molar-refractivity contribution in [1.82, 2.24) is 14.9 Å². The maximum absolute atomic E-state index is 12.7.